The van der Waals surface area contributed by atoms with Crippen LogP contribution in [0.5, 0.6) is 0 Å². The number of rotatable bonds is 4. The summed E-state index contributed by atoms with van der Waals surface area (Å²) < 4.78 is 0. The largest absolute Gasteiger partial charge is 0.399 e. The van der Waals surface area contributed by atoms with Crippen molar-refractivity contribution >= 4 is 28.9 Å². The number of hydrogen-bond donors (Lipinski definition) is 3. The van der Waals surface area contributed by atoms with Crippen molar-refractivity contribution in [3.05, 3.63) is 23.2 Å². The Balaban J connectivity index is 1.94. The van der Waals surface area contributed by atoms with Gasteiger partial charge in [-0.2, -0.15) is 0 Å². The average Bonchev–Trinajstić information content (AvgIpc) is 2.42. The molecule has 5 nitrogen and oxygen atoms in total. The SMILES string of the molecule is Nc1ccc(NC(=O)CN2CCCCC2CO)c(Cl)c1. The topological polar surface area (TPSA) is 78.6 Å². The van der Waals surface area contributed by atoms with E-state index in [2.05, 4.69) is 5.32 Å². The second kappa shape index (κ2) is 6.92. The van der Waals surface area contributed by atoms with E-state index in [4.69, 9.17) is 17.3 Å². The van der Waals surface area contributed by atoms with Gasteiger partial charge in [-0.25, -0.2) is 0 Å². The van der Waals surface area contributed by atoms with Crippen LogP contribution in [0.3, 0.4) is 0 Å². The number of carbonyl (C=O) groups is 1. The Morgan fingerprint density at radius 3 is 3.00 bits per heavy atom. The number of benzene rings is 1. The minimum absolute atomic E-state index is 0.0800. The van der Waals surface area contributed by atoms with Gasteiger partial charge in [0.15, 0.2) is 0 Å². The number of halogens is 1. The maximum Gasteiger partial charge on any atom is 0.238 e. The molecule has 6 heteroatoms. The van der Waals surface area contributed by atoms with Crippen LogP contribution in [0.15, 0.2) is 18.2 Å². The highest BCUT2D eigenvalue weighted by atomic mass is 35.5. The van der Waals surface area contributed by atoms with Gasteiger partial charge in [0, 0.05) is 11.7 Å². The summed E-state index contributed by atoms with van der Waals surface area (Å²) in [6, 6.07) is 5.07. The van der Waals surface area contributed by atoms with Gasteiger partial charge in [0.2, 0.25) is 5.91 Å². The Morgan fingerprint density at radius 2 is 2.30 bits per heavy atom. The van der Waals surface area contributed by atoms with Crippen LogP contribution in [-0.2, 0) is 4.79 Å². The molecule has 1 atom stereocenters. The van der Waals surface area contributed by atoms with E-state index in [0.29, 0.717) is 16.4 Å². The first kappa shape index (κ1) is 15.1. The standard InChI is InChI=1S/C14H20ClN3O2/c15-12-7-10(16)4-5-13(12)17-14(20)8-18-6-2-1-3-11(18)9-19/h4-5,7,11,19H,1-3,6,8-9,16H2,(H,17,20). The first-order chi connectivity index (χ1) is 9.60. The fourth-order valence-electron chi connectivity index (χ4n) is 2.48. The van der Waals surface area contributed by atoms with Crippen molar-refractivity contribution < 1.29 is 9.90 Å². The third kappa shape index (κ3) is 3.85. The summed E-state index contributed by atoms with van der Waals surface area (Å²) in [5, 5.41) is 12.5. The van der Waals surface area contributed by atoms with Gasteiger partial charge in [0.05, 0.1) is 23.9 Å². The summed E-state index contributed by atoms with van der Waals surface area (Å²) in [4.78, 5) is 14.1. The van der Waals surface area contributed by atoms with E-state index in [-0.39, 0.29) is 25.1 Å². The molecule has 1 aromatic rings. The van der Waals surface area contributed by atoms with E-state index in [1.165, 1.54) is 0 Å². The van der Waals surface area contributed by atoms with Crippen LogP contribution < -0.4 is 11.1 Å². The van der Waals surface area contributed by atoms with Gasteiger partial charge >= 0.3 is 0 Å². The number of piperidine rings is 1. The van der Waals surface area contributed by atoms with E-state index in [1.54, 1.807) is 18.2 Å². The molecule has 0 bridgehead atoms. The number of carbonyl (C=O) groups excluding carboxylic acids is 1. The first-order valence-corrected chi connectivity index (χ1v) is 7.17. The number of aliphatic hydroxyl groups is 1. The molecule has 1 heterocycles. The molecule has 1 unspecified atom stereocenters. The Bertz CT molecular complexity index is 481. The highest BCUT2D eigenvalue weighted by molar-refractivity contribution is 6.34. The molecular weight excluding hydrogens is 278 g/mol. The number of nitrogen functional groups attached to an aromatic ring is 1. The molecule has 20 heavy (non-hydrogen) atoms. The Labute approximate surface area is 123 Å². The highest BCUT2D eigenvalue weighted by Crippen LogP contribution is 2.24. The summed E-state index contributed by atoms with van der Waals surface area (Å²) >= 11 is 6.02. The molecule has 0 saturated carbocycles. The fraction of sp³-hybridized carbons (Fsp3) is 0.500. The van der Waals surface area contributed by atoms with Gasteiger partial charge < -0.3 is 16.2 Å². The van der Waals surface area contributed by atoms with E-state index in [9.17, 15) is 9.90 Å². The van der Waals surface area contributed by atoms with Gasteiger partial charge in [-0.05, 0) is 37.6 Å². The molecule has 1 saturated heterocycles. The predicted molar refractivity (Wildman–Crippen MR) is 80.8 cm³/mol. The lowest BCUT2D eigenvalue weighted by molar-refractivity contribution is -0.118. The minimum Gasteiger partial charge on any atom is -0.399 e. The van der Waals surface area contributed by atoms with Gasteiger partial charge in [-0.3, -0.25) is 9.69 Å². The zero-order valence-corrected chi connectivity index (χ0v) is 12.1. The number of nitrogens with two attached hydrogens (primary N) is 1. The summed E-state index contributed by atoms with van der Waals surface area (Å²) in [6.07, 6.45) is 3.10. The average molecular weight is 298 g/mol. The molecule has 2 rings (SSSR count). The number of nitrogens with one attached hydrogen (secondary N) is 1. The quantitative estimate of drug-likeness (QED) is 0.739. The van der Waals surface area contributed by atoms with Crippen LogP contribution in [0, 0.1) is 0 Å². The third-order valence-corrected chi connectivity index (χ3v) is 3.89. The van der Waals surface area contributed by atoms with Gasteiger partial charge in [-0.15, -0.1) is 0 Å². The Kier molecular flexibility index (Phi) is 5.23. The molecule has 0 aliphatic carbocycles. The number of anilines is 2. The zero-order valence-electron chi connectivity index (χ0n) is 11.3. The summed E-state index contributed by atoms with van der Waals surface area (Å²) in [7, 11) is 0. The van der Waals surface area contributed by atoms with Crippen LogP contribution >= 0.6 is 11.6 Å². The van der Waals surface area contributed by atoms with E-state index in [1.807, 2.05) is 4.90 Å². The van der Waals surface area contributed by atoms with Crippen molar-refractivity contribution in [1.29, 1.82) is 0 Å². The lowest BCUT2D eigenvalue weighted by Gasteiger charge is -2.33. The Morgan fingerprint density at radius 1 is 1.50 bits per heavy atom. The van der Waals surface area contributed by atoms with Crippen molar-refractivity contribution in [3.8, 4) is 0 Å². The number of nitrogens with zero attached hydrogens (tertiary/aromatic N) is 1. The van der Waals surface area contributed by atoms with Gasteiger partial charge in [0.25, 0.3) is 0 Å². The van der Waals surface area contributed by atoms with Crippen LogP contribution in [0.4, 0.5) is 11.4 Å². The number of likely N-dealkylation sites (tertiary alicyclic amines) is 1. The maximum absolute atomic E-state index is 12.1. The predicted octanol–water partition coefficient (Wildman–Crippen LogP) is 1.71. The normalized spacial score (nSPS) is 19.8. The smallest absolute Gasteiger partial charge is 0.238 e. The monoisotopic (exact) mass is 297 g/mol. The van der Waals surface area contributed by atoms with Crippen molar-refractivity contribution in [2.45, 2.75) is 25.3 Å². The van der Waals surface area contributed by atoms with Crippen molar-refractivity contribution in [2.75, 3.05) is 30.7 Å². The van der Waals surface area contributed by atoms with E-state index >= 15 is 0 Å². The lowest BCUT2D eigenvalue weighted by atomic mass is 10.0. The van der Waals surface area contributed by atoms with E-state index in [0.717, 1.165) is 25.8 Å². The molecule has 1 aliphatic heterocycles. The number of amides is 1. The molecule has 1 aromatic carbocycles. The zero-order chi connectivity index (χ0) is 14.5. The maximum atomic E-state index is 12.1. The number of aliphatic hydroxyl groups excluding tert-OH is 1. The molecule has 0 radical (unpaired) electrons. The molecule has 1 aliphatic rings. The second-order valence-electron chi connectivity index (χ2n) is 5.09. The van der Waals surface area contributed by atoms with Crippen LogP contribution in [-0.4, -0.2) is 41.7 Å². The highest BCUT2D eigenvalue weighted by Gasteiger charge is 2.23. The van der Waals surface area contributed by atoms with E-state index < -0.39 is 0 Å². The van der Waals surface area contributed by atoms with Crippen molar-refractivity contribution in [2.24, 2.45) is 0 Å². The third-order valence-electron chi connectivity index (χ3n) is 3.57. The lowest BCUT2D eigenvalue weighted by Crippen LogP contribution is -2.45. The van der Waals surface area contributed by atoms with Gasteiger partial charge in [0.1, 0.15) is 0 Å². The minimum atomic E-state index is -0.128. The summed E-state index contributed by atoms with van der Waals surface area (Å²) in [6.45, 7) is 1.20. The molecule has 110 valence electrons. The molecule has 4 N–H and O–H groups in total. The fourth-order valence-corrected chi connectivity index (χ4v) is 2.72. The van der Waals surface area contributed by atoms with Crippen molar-refractivity contribution in [3.63, 3.8) is 0 Å². The molecule has 1 fully saturated rings. The number of hydrogen-bond acceptors (Lipinski definition) is 4. The first-order valence-electron chi connectivity index (χ1n) is 6.80. The summed E-state index contributed by atoms with van der Waals surface area (Å²) in [5.41, 5.74) is 6.73. The molecule has 1 amide bonds. The Hall–Kier alpha value is -1.30. The molecule has 0 spiro atoms. The molecule has 0 aromatic heterocycles. The summed E-state index contributed by atoms with van der Waals surface area (Å²) in [5.74, 6) is -0.128. The van der Waals surface area contributed by atoms with Crippen LogP contribution in [0.25, 0.3) is 0 Å². The second-order valence-corrected chi connectivity index (χ2v) is 5.50. The van der Waals surface area contributed by atoms with Crippen molar-refractivity contribution in [1.82, 2.24) is 4.90 Å². The van der Waals surface area contributed by atoms with Gasteiger partial charge in [-0.1, -0.05) is 18.0 Å². The van der Waals surface area contributed by atoms with Crippen LogP contribution in [0.1, 0.15) is 19.3 Å². The van der Waals surface area contributed by atoms with Crippen LogP contribution in [0.2, 0.25) is 5.02 Å². The molecular formula is C14H20ClN3O2.